The Kier molecular flexibility index (Phi) is 5.69. The molecule has 4 rings (SSSR count). The second-order valence-corrected chi connectivity index (χ2v) is 8.59. The Morgan fingerprint density at radius 1 is 1.10 bits per heavy atom. The number of halogens is 3. The minimum atomic E-state index is -4.50. The molecule has 0 atom stereocenters. The molecule has 1 saturated carbocycles. The van der Waals surface area contributed by atoms with Crippen LogP contribution in [0, 0.1) is 6.92 Å². The third kappa shape index (κ3) is 4.43. The molecule has 3 aromatic rings. The van der Waals surface area contributed by atoms with Crippen molar-refractivity contribution in [1.82, 2.24) is 10.3 Å². The highest BCUT2D eigenvalue weighted by Gasteiger charge is 2.34. The Morgan fingerprint density at radius 2 is 1.80 bits per heavy atom. The van der Waals surface area contributed by atoms with E-state index in [-0.39, 0.29) is 18.0 Å². The monoisotopic (exact) mass is 433 g/mol. The number of anilines is 1. The van der Waals surface area contributed by atoms with Crippen LogP contribution >= 0.6 is 11.3 Å². The summed E-state index contributed by atoms with van der Waals surface area (Å²) in [6, 6.07) is 9.99. The summed E-state index contributed by atoms with van der Waals surface area (Å²) < 4.78 is 39.8. The number of rotatable bonds is 4. The average molecular weight is 433 g/mol. The van der Waals surface area contributed by atoms with Crippen molar-refractivity contribution in [3.63, 3.8) is 0 Å². The number of benzene rings is 1. The molecule has 1 aliphatic carbocycles. The van der Waals surface area contributed by atoms with Gasteiger partial charge in [0.25, 0.3) is 5.91 Å². The van der Waals surface area contributed by atoms with Crippen LogP contribution in [0.2, 0.25) is 0 Å². The summed E-state index contributed by atoms with van der Waals surface area (Å²) in [5.41, 5.74) is 0.852. The largest absolute Gasteiger partial charge is 0.433 e. The third-order valence-corrected chi connectivity index (χ3v) is 6.51. The summed E-state index contributed by atoms with van der Waals surface area (Å²) >= 11 is 1.43. The fourth-order valence-electron chi connectivity index (χ4n) is 3.90. The van der Waals surface area contributed by atoms with Crippen LogP contribution in [0.3, 0.4) is 0 Å². The molecule has 0 unspecified atom stereocenters. The maximum atomic E-state index is 13.3. The van der Waals surface area contributed by atoms with E-state index in [0.29, 0.717) is 16.6 Å². The lowest BCUT2D eigenvalue weighted by molar-refractivity contribution is -0.140. The number of hydrogen-bond acceptors (Lipinski definition) is 4. The number of alkyl halides is 3. The van der Waals surface area contributed by atoms with Crippen molar-refractivity contribution in [2.75, 3.05) is 5.32 Å². The average Bonchev–Trinajstić information content (AvgIpc) is 3.15. The van der Waals surface area contributed by atoms with E-state index in [9.17, 15) is 18.0 Å². The number of hydrogen-bond donors (Lipinski definition) is 2. The van der Waals surface area contributed by atoms with Gasteiger partial charge < -0.3 is 10.6 Å². The zero-order chi connectivity index (χ0) is 21.3. The van der Waals surface area contributed by atoms with E-state index < -0.39 is 11.9 Å². The molecule has 158 valence electrons. The number of nitrogens with one attached hydrogen (secondary N) is 2. The van der Waals surface area contributed by atoms with Gasteiger partial charge in [0.2, 0.25) is 0 Å². The predicted molar refractivity (Wildman–Crippen MR) is 113 cm³/mol. The summed E-state index contributed by atoms with van der Waals surface area (Å²) in [5, 5.41) is 8.96. The zero-order valence-corrected chi connectivity index (χ0v) is 17.2. The van der Waals surface area contributed by atoms with Crippen LogP contribution in [0.5, 0.6) is 0 Å². The van der Waals surface area contributed by atoms with E-state index >= 15 is 0 Å². The van der Waals surface area contributed by atoms with Gasteiger partial charge in [-0.15, -0.1) is 11.3 Å². The van der Waals surface area contributed by atoms with E-state index in [1.54, 1.807) is 24.3 Å². The van der Waals surface area contributed by atoms with Gasteiger partial charge in [-0.2, -0.15) is 13.2 Å². The first kappa shape index (κ1) is 20.7. The smallest absolute Gasteiger partial charge is 0.382 e. The molecule has 0 spiro atoms. The number of fused-ring (bicyclic) bond motifs is 1. The summed E-state index contributed by atoms with van der Waals surface area (Å²) in [6.45, 7) is 1.92. The molecule has 4 nitrogen and oxygen atoms in total. The van der Waals surface area contributed by atoms with Gasteiger partial charge in [0.15, 0.2) is 0 Å². The van der Waals surface area contributed by atoms with Crippen LogP contribution < -0.4 is 10.6 Å². The molecular formula is C22H22F3N3OS. The van der Waals surface area contributed by atoms with Gasteiger partial charge >= 0.3 is 6.18 Å². The van der Waals surface area contributed by atoms with Crippen LogP contribution in [0.1, 0.15) is 46.6 Å². The number of thiophene rings is 1. The fraction of sp³-hybridized carbons (Fsp3) is 0.364. The second-order valence-electron chi connectivity index (χ2n) is 7.67. The molecule has 0 aliphatic heterocycles. The summed E-state index contributed by atoms with van der Waals surface area (Å²) in [7, 11) is 0. The number of para-hydroxylation sites is 1. The van der Waals surface area contributed by atoms with Crippen molar-refractivity contribution in [2.45, 2.75) is 50.9 Å². The fourth-order valence-corrected chi connectivity index (χ4v) is 4.73. The maximum Gasteiger partial charge on any atom is 0.433 e. The van der Waals surface area contributed by atoms with Crippen molar-refractivity contribution in [2.24, 2.45) is 0 Å². The van der Waals surface area contributed by atoms with Gasteiger partial charge in [-0.05, 0) is 61.7 Å². The van der Waals surface area contributed by atoms with Gasteiger partial charge in [-0.3, -0.25) is 4.79 Å². The van der Waals surface area contributed by atoms with Crippen LogP contribution in [-0.2, 0) is 6.18 Å². The van der Waals surface area contributed by atoms with Gasteiger partial charge in [-0.25, -0.2) is 4.98 Å². The van der Waals surface area contributed by atoms with E-state index in [4.69, 9.17) is 0 Å². The molecule has 0 bridgehead atoms. The van der Waals surface area contributed by atoms with Crippen molar-refractivity contribution < 1.29 is 18.0 Å². The number of pyridine rings is 1. The number of carbonyl (C=O) groups is 1. The molecule has 2 heterocycles. The van der Waals surface area contributed by atoms with Crippen molar-refractivity contribution in [1.29, 1.82) is 0 Å². The van der Waals surface area contributed by atoms with Crippen LogP contribution in [0.25, 0.3) is 10.9 Å². The SMILES string of the molecule is Cc1ccsc1C(=O)NC1CCC(Nc2cc(C(F)(F)F)nc3ccccc23)CC1. The molecule has 8 heteroatoms. The number of aryl methyl sites for hydroxylation is 1. The van der Waals surface area contributed by atoms with Crippen molar-refractivity contribution in [3.05, 3.63) is 57.9 Å². The molecule has 1 aliphatic rings. The Labute approximate surface area is 176 Å². The molecule has 0 radical (unpaired) electrons. The molecule has 0 saturated heterocycles. The Balaban J connectivity index is 1.43. The molecule has 2 aromatic heterocycles. The number of nitrogens with zero attached hydrogens (tertiary/aromatic N) is 1. The number of amides is 1. The minimum Gasteiger partial charge on any atom is -0.382 e. The molecular weight excluding hydrogens is 411 g/mol. The molecule has 2 N–H and O–H groups in total. The first-order valence-corrected chi connectivity index (χ1v) is 10.8. The quantitative estimate of drug-likeness (QED) is 0.549. The number of carbonyl (C=O) groups excluding carboxylic acids is 1. The predicted octanol–water partition coefficient (Wildman–Crippen LogP) is 5.78. The highest BCUT2D eigenvalue weighted by Crippen LogP contribution is 2.34. The summed E-state index contributed by atoms with van der Waals surface area (Å²) in [4.78, 5) is 16.9. The lowest BCUT2D eigenvalue weighted by Gasteiger charge is -2.30. The second kappa shape index (κ2) is 8.26. The van der Waals surface area contributed by atoms with Gasteiger partial charge in [0.05, 0.1) is 10.4 Å². The van der Waals surface area contributed by atoms with E-state index in [1.165, 1.54) is 11.3 Å². The van der Waals surface area contributed by atoms with Crippen molar-refractivity contribution >= 4 is 33.8 Å². The van der Waals surface area contributed by atoms with Crippen molar-refractivity contribution in [3.8, 4) is 0 Å². The first-order chi connectivity index (χ1) is 14.3. The maximum absolute atomic E-state index is 13.3. The van der Waals surface area contributed by atoms with E-state index in [2.05, 4.69) is 15.6 Å². The highest BCUT2D eigenvalue weighted by atomic mass is 32.1. The minimum absolute atomic E-state index is 0.0474. The summed E-state index contributed by atoms with van der Waals surface area (Å²) in [5.74, 6) is -0.0474. The topological polar surface area (TPSA) is 54.0 Å². The van der Waals surface area contributed by atoms with E-state index in [1.807, 2.05) is 18.4 Å². The molecule has 30 heavy (non-hydrogen) atoms. The Morgan fingerprint density at radius 3 is 2.47 bits per heavy atom. The zero-order valence-electron chi connectivity index (χ0n) is 16.4. The lowest BCUT2D eigenvalue weighted by atomic mass is 9.90. The van der Waals surface area contributed by atoms with E-state index in [0.717, 1.165) is 42.2 Å². The van der Waals surface area contributed by atoms with Gasteiger partial charge in [-0.1, -0.05) is 18.2 Å². The van der Waals surface area contributed by atoms with Gasteiger partial charge in [0, 0.05) is 23.2 Å². The third-order valence-electron chi connectivity index (χ3n) is 5.50. The van der Waals surface area contributed by atoms with Crippen LogP contribution in [-0.4, -0.2) is 23.0 Å². The molecule has 1 fully saturated rings. The first-order valence-electron chi connectivity index (χ1n) is 9.90. The summed E-state index contributed by atoms with van der Waals surface area (Å²) in [6.07, 6.45) is -1.40. The van der Waals surface area contributed by atoms with Gasteiger partial charge in [0.1, 0.15) is 5.69 Å². The number of aromatic nitrogens is 1. The Hall–Kier alpha value is -2.61. The standard InChI is InChI=1S/C22H22F3N3OS/c1-13-10-11-30-20(13)21(29)27-15-8-6-14(7-9-15)26-18-12-19(22(23,24)25)28-17-5-3-2-4-16(17)18/h2-5,10-12,14-15H,6-9H2,1H3,(H,26,28)(H,27,29). The lowest BCUT2D eigenvalue weighted by Crippen LogP contribution is -2.40. The highest BCUT2D eigenvalue weighted by molar-refractivity contribution is 7.12. The van der Waals surface area contributed by atoms with Crippen LogP contribution in [0.15, 0.2) is 41.8 Å². The van der Waals surface area contributed by atoms with Crippen LogP contribution in [0.4, 0.5) is 18.9 Å². The molecule has 1 aromatic carbocycles. The normalized spacial score (nSPS) is 19.6. The Bertz CT molecular complexity index is 1060. The molecule has 1 amide bonds.